The topological polar surface area (TPSA) is 3.24 Å². The zero-order valence-corrected chi connectivity index (χ0v) is 6.46. The molecule has 0 aromatic carbocycles. The summed E-state index contributed by atoms with van der Waals surface area (Å²) in [6.45, 7) is 0. The Balaban J connectivity index is 0.000000148. The van der Waals surface area contributed by atoms with Gasteiger partial charge in [-0.15, -0.1) is 0 Å². The lowest BCUT2D eigenvalue weighted by Gasteiger charge is -1.90. The summed E-state index contributed by atoms with van der Waals surface area (Å²) in [5.74, 6) is 0. The van der Waals surface area contributed by atoms with Crippen LogP contribution in [0.25, 0.3) is 0 Å². The maximum atomic E-state index is 2.12. The first kappa shape index (κ1) is 8.44. The number of rotatable bonds is 0. The predicted octanol–water partition coefficient (Wildman–Crippen LogP) is 1.68. The fraction of sp³-hybridized carbons (Fsp3) is 0.500. The van der Waals surface area contributed by atoms with Gasteiger partial charge in [-0.05, 0) is 27.6 Å². The zero-order valence-electron chi connectivity index (χ0n) is 6.46. The van der Waals surface area contributed by atoms with E-state index >= 15 is 0 Å². The van der Waals surface area contributed by atoms with Gasteiger partial charge < -0.3 is 4.90 Å². The van der Waals surface area contributed by atoms with Crippen molar-refractivity contribution in [2.24, 2.45) is 0 Å². The summed E-state index contributed by atoms with van der Waals surface area (Å²) in [5.41, 5.74) is 0. The highest BCUT2D eigenvalue weighted by Gasteiger charge is 1.72. The molecule has 0 N–H and O–H groups in total. The third kappa shape index (κ3) is 11.2. The molecule has 0 aromatic heterocycles. The van der Waals surface area contributed by atoms with Gasteiger partial charge in [0.1, 0.15) is 0 Å². The van der Waals surface area contributed by atoms with Gasteiger partial charge in [0.15, 0.2) is 0 Å². The number of hydrogen-bond acceptors (Lipinski definition) is 1. The van der Waals surface area contributed by atoms with Crippen molar-refractivity contribution in [2.75, 3.05) is 21.1 Å². The monoisotopic (exact) mass is 125 g/mol. The Morgan fingerprint density at radius 2 is 1.33 bits per heavy atom. The highest BCUT2D eigenvalue weighted by molar-refractivity contribution is 5.11. The molecule has 0 saturated heterocycles. The Kier molecular flexibility index (Phi) is 5.23. The first-order chi connectivity index (χ1) is 4.23. The smallest absolute Gasteiger partial charge is 0.0140 e. The zero-order chi connectivity index (χ0) is 7.11. The summed E-state index contributed by atoms with van der Waals surface area (Å²) >= 11 is 0. The van der Waals surface area contributed by atoms with Gasteiger partial charge in [-0.2, -0.15) is 0 Å². The van der Waals surface area contributed by atoms with Crippen molar-refractivity contribution >= 4 is 0 Å². The number of hydrogen-bond donors (Lipinski definition) is 0. The summed E-state index contributed by atoms with van der Waals surface area (Å²) in [6, 6.07) is 0. The van der Waals surface area contributed by atoms with Crippen molar-refractivity contribution < 1.29 is 0 Å². The third-order valence-electron chi connectivity index (χ3n) is 0.655. The van der Waals surface area contributed by atoms with E-state index in [0.29, 0.717) is 0 Å². The molecule has 1 heteroatoms. The molecule has 0 bridgehead atoms. The van der Waals surface area contributed by atoms with Gasteiger partial charge >= 0.3 is 0 Å². The first-order valence-electron chi connectivity index (χ1n) is 3.16. The second-order valence-corrected chi connectivity index (χ2v) is 2.43. The fourth-order valence-electron chi connectivity index (χ4n) is 0.393. The van der Waals surface area contributed by atoms with Crippen molar-refractivity contribution in [1.29, 1.82) is 0 Å². The van der Waals surface area contributed by atoms with Gasteiger partial charge in [-0.3, -0.25) is 0 Å². The highest BCUT2D eigenvalue weighted by Crippen LogP contribution is 1.93. The molecular weight excluding hydrogens is 110 g/mol. The van der Waals surface area contributed by atoms with Crippen LogP contribution in [0.4, 0.5) is 0 Å². The molecule has 0 aliphatic heterocycles. The van der Waals surface area contributed by atoms with E-state index in [9.17, 15) is 0 Å². The van der Waals surface area contributed by atoms with Gasteiger partial charge in [0.05, 0.1) is 0 Å². The Morgan fingerprint density at radius 3 is 1.44 bits per heavy atom. The summed E-state index contributed by atoms with van der Waals surface area (Å²) < 4.78 is 0. The molecular formula is C8H15N. The van der Waals surface area contributed by atoms with E-state index in [4.69, 9.17) is 0 Å². The SMILES string of the molecule is C1=CCC=C1.CN(C)C. The molecule has 1 rings (SSSR count). The summed E-state index contributed by atoms with van der Waals surface area (Å²) in [4.78, 5) is 2.00. The molecule has 0 radical (unpaired) electrons. The van der Waals surface area contributed by atoms with Crippen LogP contribution in [0.2, 0.25) is 0 Å². The molecule has 0 aromatic rings. The molecule has 0 amide bonds. The van der Waals surface area contributed by atoms with E-state index in [1.807, 2.05) is 26.0 Å². The molecule has 0 unspecified atom stereocenters. The average Bonchev–Trinajstić information content (AvgIpc) is 2.11. The lowest BCUT2D eigenvalue weighted by atomic mass is 10.5. The molecule has 9 heavy (non-hydrogen) atoms. The molecule has 1 nitrogen and oxygen atoms in total. The van der Waals surface area contributed by atoms with Crippen LogP contribution in [0, 0.1) is 0 Å². The molecule has 1 aliphatic rings. The molecule has 1 aliphatic carbocycles. The Morgan fingerprint density at radius 1 is 1.00 bits per heavy atom. The van der Waals surface area contributed by atoms with E-state index in [1.165, 1.54) is 0 Å². The summed E-state index contributed by atoms with van der Waals surface area (Å²) in [6.07, 6.45) is 9.50. The Bertz CT molecular complexity index is 88.4. The third-order valence-corrected chi connectivity index (χ3v) is 0.655. The summed E-state index contributed by atoms with van der Waals surface area (Å²) in [5, 5.41) is 0. The fourth-order valence-corrected chi connectivity index (χ4v) is 0.393. The maximum Gasteiger partial charge on any atom is -0.0140 e. The van der Waals surface area contributed by atoms with Crippen LogP contribution in [0.15, 0.2) is 24.3 Å². The second kappa shape index (κ2) is 5.57. The quantitative estimate of drug-likeness (QED) is 0.476. The minimum absolute atomic E-state index is 1.14. The number of nitrogens with zero attached hydrogens (tertiary/aromatic N) is 1. The van der Waals surface area contributed by atoms with Crippen LogP contribution in [0.1, 0.15) is 6.42 Å². The average molecular weight is 125 g/mol. The molecule has 0 spiro atoms. The standard InChI is InChI=1S/C5H6.C3H9N/c1-2-4-5-3-1;1-4(2)3/h1-4H,5H2;1-3H3. The molecule has 0 atom stereocenters. The van der Waals surface area contributed by atoms with Crippen molar-refractivity contribution in [1.82, 2.24) is 4.90 Å². The lowest BCUT2D eigenvalue weighted by molar-refractivity contribution is 0.505. The van der Waals surface area contributed by atoms with E-state index in [0.717, 1.165) is 6.42 Å². The molecule has 0 fully saturated rings. The molecule has 0 heterocycles. The number of allylic oxidation sites excluding steroid dienone is 4. The molecule has 0 saturated carbocycles. The minimum Gasteiger partial charge on any atom is -0.312 e. The van der Waals surface area contributed by atoms with Crippen LogP contribution < -0.4 is 0 Å². The second-order valence-electron chi connectivity index (χ2n) is 2.43. The lowest BCUT2D eigenvalue weighted by Crippen LogP contribution is -1.99. The van der Waals surface area contributed by atoms with Crippen LogP contribution in [0.3, 0.4) is 0 Å². The van der Waals surface area contributed by atoms with Crippen LogP contribution in [-0.4, -0.2) is 26.0 Å². The predicted molar refractivity (Wildman–Crippen MR) is 42.5 cm³/mol. The largest absolute Gasteiger partial charge is 0.312 e. The Hall–Kier alpha value is -0.560. The van der Waals surface area contributed by atoms with Gasteiger partial charge in [0, 0.05) is 0 Å². The normalized spacial score (nSPS) is 13.8. The minimum atomic E-state index is 1.14. The first-order valence-corrected chi connectivity index (χ1v) is 3.16. The van der Waals surface area contributed by atoms with Crippen molar-refractivity contribution in [3.63, 3.8) is 0 Å². The highest BCUT2D eigenvalue weighted by atomic mass is 15.0. The Labute approximate surface area is 57.7 Å². The van der Waals surface area contributed by atoms with Crippen molar-refractivity contribution in [3.05, 3.63) is 24.3 Å². The van der Waals surface area contributed by atoms with Crippen molar-refractivity contribution in [3.8, 4) is 0 Å². The van der Waals surface area contributed by atoms with E-state index in [1.54, 1.807) is 0 Å². The maximum absolute atomic E-state index is 2.12. The van der Waals surface area contributed by atoms with Crippen molar-refractivity contribution in [2.45, 2.75) is 6.42 Å². The van der Waals surface area contributed by atoms with E-state index < -0.39 is 0 Å². The van der Waals surface area contributed by atoms with Gasteiger partial charge in [0.2, 0.25) is 0 Å². The van der Waals surface area contributed by atoms with Crippen LogP contribution >= 0.6 is 0 Å². The van der Waals surface area contributed by atoms with Crippen LogP contribution in [0.5, 0.6) is 0 Å². The van der Waals surface area contributed by atoms with Gasteiger partial charge in [0.25, 0.3) is 0 Å². The van der Waals surface area contributed by atoms with E-state index in [-0.39, 0.29) is 0 Å². The van der Waals surface area contributed by atoms with Gasteiger partial charge in [-0.1, -0.05) is 24.3 Å². The van der Waals surface area contributed by atoms with E-state index in [2.05, 4.69) is 24.3 Å². The molecule has 52 valence electrons. The summed E-state index contributed by atoms with van der Waals surface area (Å²) in [7, 11) is 6.00. The van der Waals surface area contributed by atoms with Gasteiger partial charge in [-0.25, -0.2) is 0 Å². The van der Waals surface area contributed by atoms with Crippen LogP contribution in [-0.2, 0) is 0 Å².